The van der Waals surface area contributed by atoms with E-state index in [1.165, 1.54) is 32.1 Å². The summed E-state index contributed by atoms with van der Waals surface area (Å²) in [6, 6.07) is 0.373. The van der Waals surface area contributed by atoms with Crippen LogP contribution in [0.1, 0.15) is 51.9 Å². The molecule has 14 heavy (non-hydrogen) atoms. The van der Waals surface area contributed by atoms with E-state index >= 15 is 0 Å². The molecular weight excluding hydrogens is 174 g/mol. The van der Waals surface area contributed by atoms with E-state index < -0.39 is 0 Å². The monoisotopic (exact) mass is 199 g/mol. The van der Waals surface area contributed by atoms with Crippen molar-refractivity contribution in [3.8, 4) is 0 Å². The Kier molecular flexibility index (Phi) is 4.90. The molecule has 0 radical (unpaired) electrons. The minimum Gasteiger partial charge on any atom is -0.385 e. The summed E-state index contributed by atoms with van der Waals surface area (Å²) >= 11 is 0. The molecule has 2 N–H and O–H groups in total. The third-order valence-electron chi connectivity index (χ3n) is 3.75. The number of rotatable bonds is 5. The van der Waals surface area contributed by atoms with E-state index in [1.54, 1.807) is 7.11 Å². The minimum atomic E-state index is 0.373. The molecular formula is C12H25NO. The van der Waals surface area contributed by atoms with E-state index in [4.69, 9.17) is 10.5 Å². The van der Waals surface area contributed by atoms with Gasteiger partial charge in [-0.2, -0.15) is 0 Å². The highest BCUT2D eigenvalue weighted by Gasteiger charge is 2.32. The van der Waals surface area contributed by atoms with Gasteiger partial charge in [0.25, 0.3) is 0 Å². The third-order valence-corrected chi connectivity index (χ3v) is 3.75. The highest BCUT2D eigenvalue weighted by Crippen LogP contribution is 2.39. The summed E-state index contributed by atoms with van der Waals surface area (Å²) in [5, 5.41) is 0. The Labute approximate surface area is 88.2 Å². The van der Waals surface area contributed by atoms with Gasteiger partial charge in [0.2, 0.25) is 0 Å². The Morgan fingerprint density at radius 2 is 1.93 bits per heavy atom. The maximum Gasteiger partial charge on any atom is 0.0462 e. The van der Waals surface area contributed by atoms with Gasteiger partial charge in [-0.15, -0.1) is 0 Å². The molecule has 1 atom stereocenters. The van der Waals surface area contributed by atoms with Crippen LogP contribution in [0, 0.1) is 5.41 Å². The lowest BCUT2D eigenvalue weighted by molar-refractivity contribution is 0.143. The zero-order valence-electron chi connectivity index (χ0n) is 9.72. The van der Waals surface area contributed by atoms with Crippen molar-refractivity contribution in [1.29, 1.82) is 0 Å². The zero-order chi connectivity index (χ0) is 10.4. The molecule has 1 fully saturated rings. The molecule has 0 aromatic rings. The van der Waals surface area contributed by atoms with Crippen LogP contribution in [-0.4, -0.2) is 19.8 Å². The lowest BCUT2D eigenvalue weighted by Gasteiger charge is -2.39. The third kappa shape index (κ3) is 3.25. The first kappa shape index (κ1) is 12.0. The number of hydrogen-bond donors (Lipinski definition) is 1. The van der Waals surface area contributed by atoms with Crippen LogP contribution in [0.2, 0.25) is 0 Å². The Balaban J connectivity index is 2.29. The molecule has 0 aromatic heterocycles. The minimum absolute atomic E-state index is 0.373. The van der Waals surface area contributed by atoms with Gasteiger partial charge in [0, 0.05) is 19.8 Å². The van der Waals surface area contributed by atoms with Gasteiger partial charge in [-0.25, -0.2) is 0 Å². The molecule has 0 saturated heterocycles. The molecule has 1 aliphatic carbocycles. The Bertz CT molecular complexity index is 152. The van der Waals surface area contributed by atoms with Crippen LogP contribution in [0.15, 0.2) is 0 Å². The van der Waals surface area contributed by atoms with Gasteiger partial charge in [-0.1, -0.05) is 26.2 Å². The summed E-state index contributed by atoms with van der Waals surface area (Å²) in [5.41, 5.74) is 6.68. The summed E-state index contributed by atoms with van der Waals surface area (Å²) in [6.07, 6.45) is 9.00. The second-order valence-electron chi connectivity index (χ2n) is 4.96. The molecule has 0 aromatic carbocycles. The summed E-state index contributed by atoms with van der Waals surface area (Å²) in [6.45, 7) is 3.22. The van der Waals surface area contributed by atoms with Crippen molar-refractivity contribution in [3.63, 3.8) is 0 Å². The van der Waals surface area contributed by atoms with Crippen LogP contribution in [0.4, 0.5) is 0 Å². The molecule has 0 spiro atoms. The van der Waals surface area contributed by atoms with Crippen molar-refractivity contribution in [2.75, 3.05) is 13.7 Å². The fraction of sp³-hybridized carbons (Fsp3) is 1.00. The largest absolute Gasteiger partial charge is 0.385 e. The zero-order valence-corrected chi connectivity index (χ0v) is 9.72. The molecule has 1 unspecified atom stereocenters. The smallest absolute Gasteiger partial charge is 0.0462 e. The van der Waals surface area contributed by atoms with Crippen LogP contribution in [0.25, 0.3) is 0 Å². The maximum absolute atomic E-state index is 6.27. The van der Waals surface area contributed by atoms with Crippen LogP contribution in [0.5, 0.6) is 0 Å². The Morgan fingerprint density at radius 1 is 1.29 bits per heavy atom. The maximum atomic E-state index is 6.27. The van der Waals surface area contributed by atoms with E-state index in [2.05, 4.69) is 6.92 Å². The molecule has 0 aliphatic heterocycles. The van der Waals surface area contributed by atoms with Crippen molar-refractivity contribution in [1.82, 2.24) is 0 Å². The van der Waals surface area contributed by atoms with Gasteiger partial charge in [-0.05, 0) is 31.1 Å². The van der Waals surface area contributed by atoms with Crippen molar-refractivity contribution >= 4 is 0 Å². The Hall–Kier alpha value is -0.0800. The van der Waals surface area contributed by atoms with Gasteiger partial charge in [0.05, 0.1) is 0 Å². The quantitative estimate of drug-likeness (QED) is 0.691. The second kappa shape index (κ2) is 5.72. The number of hydrogen-bond acceptors (Lipinski definition) is 2. The molecule has 0 bridgehead atoms. The van der Waals surface area contributed by atoms with Crippen molar-refractivity contribution < 1.29 is 4.74 Å². The SMILES string of the molecule is COCCCC(N)C1(C)CCCCC1. The standard InChI is InChI=1S/C12H25NO/c1-12(8-4-3-5-9-12)11(13)7-6-10-14-2/h11H,3-10,13H2,1-2H3. The first-order chi connectivity index (χ1) is 6.69. The molecule has 84 valence electrons. The van der Waals surface area contributed by atoms with Gasteiger partial charge in [-0.3, -0.25) is 0 Å². The van der Waals surface area contributed by atoms with Crippen LogP contribution in [-0.2, 0) is 4.74 Å². The van der Waals surface area contributed by atoms with Gasteiger partial charge in [0.15, 0.2) is 0 Å². The molecule has 1 aliphatic rings. The Morgan fingerprint density at radius 3 is 2.50 bits per heavy atom. The van der Waals surface area contributed by atoms with Crippen molar-refractivity contribution in [3.05, 3.63) is 0 Å². The fourth-order valence-corrected chi connectivity index (χ4v) is 2.53. The molecule has 2 nitrogen and oxygen atoms in total. The highest BCUT2D eigenvalue weighted by atomic mass is 16.5. The summed E-state index contributed by atoms with van der Waals surface area (Å²) < 4.78 is 5.06. The lowest BCUT2D eigenvalue weighted by Crippen LogP contribution is -2.41. The molecule has 0 amide bonds. The van der Waals surface area contributed by atoms with Gasteiger partial charge >= 0.3 is 0 Å². The molecule has 0 heterocycles. The first-order valence-electron chi connectivity index (χ1n) is 5.93. The predicted molar refractivity (Wildman–Crippen MR) is 60.3 cm³/mol. The van der Waals surface area contributed by atoms with Gasteiger partial charge < -0.3 is 10.5 Å². The van der Waals surface area contributed by atoms with Crippen molar-refractivity contribution in [2.45, 2.75) is 57.9 Å². The van der Waals surface area contributed by atoms with E-state index in [1.807, 2.05) is 0 Å². The first-order valence-corrected chi connectivity index (χ1v) is 5.93. The average Bonchev–Trinajstić information content (AvgIpc) is 2.19. The summed E-state index contributed by atoms with van der Waals surface area (Å²) in [7, 11) is 1.76. The van der Waals surface area contributed by atoms with Crippen LogP contribution in [0.3, 0.4) is 0 Å². The second-order valence-corrected chi connectivity index (χ2v) is 4.96. The summed E-state index contributed by atoms with van der Waals surface area (Å²) in [5.74, 6) is 0. The lowest BCUT2D eigenvalue weighted by atomic mass is 9.70. The number of methoxy groups -OCH3 is 1. The molecule has 2 heteroatoms. The summed E-state index contributed by atoms with van der Waals surface area (Å²) in [4.78, 5) is 0. The number of ether oxygens (including phenoxy) is 1. The fourth-order valence-electron chi connectivity index (χ4n) is 2.53. The topological polar surface area (TPSA) is 35.2 Å². The predicted octanol–water partition coefficient (Wildman–Crippen LogP) is 2.71. The van der Waals surface area contributed by atoms with E-state index in [9.17, 15) is 0 Å². The average molecular weight is 199 g/mol. The molecule has 1 rings (SSSR count). The normalized spacial score (nSPS) is 23.4. The highest BCUT2D eigenvalue weighted by molar-refractivity contribution is 4.87. The van der Waals surface area contributed by atoms with E-state index in [-0.39, 0.29) is 0 Å². The van der Waals surface area contributed by atoms with E-state index in [0.29, 0.717) is 11.5 Å². The van der Waals surface area contributed by atoms with E-state index in [0.717, 1.165) is 19.4 Å². The van der Waals surface area contributed by atoms with Crippen molar-refractivity contribution in [2.24, 2.45) is 11.1 Å². The van der Waals surface area contributed by atoms with Crippen LogP contribution < -0.4 is 5.73 Å². The molecule has 1 saturated carbocycles. The number of nitrogens with two attached hydrogens (primary N) is 1. The van der Waals surface area contributed by atoms with Gasteiger partial charge in [0.1, 0.15) is 0 Å². The van der Waals surface area contributed by atoms with Crippen LogP contribution >= 0.6 is 0 Å².